The molecule has 0 aliphatic heterocycles. The highest BCUT2D eigenvalue weighted by Gasteiger charge is 2.24. The number of carboxylic acid groups (broad SMARTS) is 1. The minimum absolute atomic E-state index is 0. The van der Waals surface area contributed by atoms with Crippen LogP contribution >= 0.6 is 24.0 Å². The molecule has 8 nitrogen and oxygen atoms in total. The second-order valence-corrected chi connectivity index (χ2v) is 11.8. The Hall–Kier alpha value is -4.60. The number of halogens is 3. The van der Waals surface area contributed by atoms with Crippen LogP contribution in [0.15, 0.2) is 78.9 Å². The lowest BCUT2D eigenvalue weighted by Gasteiger charge is -2.25. The number of aromatic nitrogens is 2. The molecule has 1 aromatic heterocycles. The van der Waals surface area contributed by atoms with Gasteiger partial charge in [0, 0.05) is 29.4 Å². The summed E-state index contributed by atoms with van der Waals surface area (Å²) >= 11 is 6.12. The van der Waals surface area contributed by atoms with Gasteiger partial charge in [0.2, 0.25) is 0 Å². The molecule has 4 aromatic carbocycles. The number of aromatic carboxylic acids is 1. The third-order valence-corrected chi connectivity index (χ3v) is 8.56. The zero-order chi connectivity index (χ0) is 32.2. The highest BCUT2D eigenvalue weighted by molar-refractivity contribution is 6.30. The maximum absolute atomic E-state index is 15.9. The largest absolute Gasteiger partial charge is 0.489 e. The number of carbonyl (C=O) groups is 2. The van der Waals surface area contributed by atoms with E-state index in [2.05, 4.69) is 15.2 Å². The number of ether oxygens (including phenoxy) is 1. The van der Waals surface area contributed by atoms with Gasteiger partial charge in [0.05, 0.1) is 22.2 Å². The number of anilines is 1. The molecule has 0 spiro atoms. The number of carboxylic acids is 1. The van der Waals surface area contributed by atoms with Crippen molar-refractivity contribution >= 4 is 52.7 Å². The van der Waals surface area contributed by atoms with Gasteiger partial charge in [-0.15, -0.1) is 12.4 Å². The van der Waals surface area contributed by atoms with Crippen molar-refractivity contribution < 1.29 is 23.8 Å². The molecule has 1 aliphatic rings. The smallest absolute Gasteiger partial charge is 0.335 e. The summed E-state index contributed by atoms with van der Waals surface area (Å²) in [5.41, 5.74) is 4.96. The van der Waals surface area contributed by atoms with E-state index < -0.39 is 11.8 Å². The lowest BCUT2D eigenvalue weighted by molar-refractivity contribution is 0.0697. The fourth-order valence-corrected chi connectivity index (χ4v) is 6.22. The Bertz CT molecular complexity index is 1910. The molecule has 6 rings (SSSR count). The van der Waals surface area contributed by atoms with Gasteiger partial charge < -0.3 is 25.0 Å². The molecule has 1 fully saturated rings. The lowest BCUT2D eigenvalue weighted by atomic mass is 9.94. The van der Waals surface area contributed by atoms with E-state index in [1.807, 2.05) is 37.3 Å². The second-order valence-electron chi connectivity index (χ2n) is 11.4. The van der Waals surface area contributed by atoms with Crippen LogP contribution in [0.2, 0.25) is 5.02 Å². The van der Waals surface area contributed by atoms with E-state index in [9.17, 15) is 14.7 Å². The number of amides is 2. The van der Waals surface area contributed by atoms with Gasteiger partial charge >= 0.3 is 12.0 Å². The molecule has 47 heavy (non-hydrogen) atoms. The van der Waals surface area contributed by atoms with E-state index in [1.165, 1.54) is 6.07 Å². The van der Waals surface area contributed by atoms with Crippen molar-refractivity contribution in [3.8, 4) is 28.3 Å². The number of urea groups is 1. The highest BCUT2D eigenvalue weighted by atomic mass is 35.5. The Morgan fingerprint density at radius 1 is 0.979 bits per heavy atom. The summed E-state index contributed by atoms with van der Waals surface area (Å²) < 4.78 is 24.1. The van der Waals surface area contributed by atoms with Gasteiger partial charge in [-0.3, -0.25) is 0 Å². The number of nitrogens with zero attached hydrogens (tertiary/aromatic N) is 2. The van der Waals surface area contributed by atoms with E-state index in [-0.39, 0.29) is 36.7 Å². The van der Waals surface area contributed by atoms with Crippen molar-refractivity contribution in [2.24, 2.45) is 0 Å². The van der Waals surface area contributed by atoms with Gasteiger partial charge in [-0.25, -0.2) is 19.0 Å². The van der Waals surface area contributed by atoms with E-state index in [0.29, 0.717) is 39.9 Å². The maximum atomic E-state index is 15.9. The van der Waals surface area contributed by atoms with Crippen LogP contribution in [0.4, 0.5) is 14.9 Å². The summed E-state index contributed by atoms with van der Waals surface area (Å²) in [4.78, 5) is 28.6. The number of carbonyl (C=O) groups excluding carboxylic acids is 1. The Morgan fingerprint density at radius 2 is 1.72 bits per heavy atom. The second kappa shape index (κ2) is 14.9. The molecule has 11 heteroatoms. The number of hydrogen-bond donors (Lipinski definition) is 3. The zero-order valence-electron chi connectivity index (χ0n) is 25.8. The van der Waals surface area contributed by atoms with Crippen molar-refractivity contribution in [1.29, 1.82) is 0 Å². The van der Waals surface area contributed by atoms with Crippen molar-refractivity contribution in [2.45, 2.75) is 51.7 Å². The SMILES string of the molecule is CCNC(=O)Nc1ccc(-c2ccc(Cl)cc2)c(COc2ccc(-c3nc4cc(C(=O)O)ccc4n3C3CCCCC3)c(F)c2)c1.Cl. The van der Waals surface area contributed by atoms with Crippen LogP contribution in [0.25, 0.3) is 33.5 Å². The fraction of sp³-hybridized carbons (Fsp3) is 0.250. The lowest BCUT2D eigenvalue weighted by Crippen LogP contribution is -2.28. The molecule has 0 unspecified atom stereocenters. The molecule has 3 N–H and O–H groups in total. The molecule has 2 amide bonds. The molecule has 1 aliphatic carbocycles. The van der Waals surface area contributed by atoms with Crippen LogP contribution in [0.5, 0.6) is 5.75 Å². The van der Waals surface area contributed by atoms with E-state index >= 15 is 4.39 Å². The minimum atomic E-state index is -1.03. The monoisotopic (exact) mass is 676 g/mol. The highest BCUT2D eigenvalue weighted by Crippen LogP contribution is 2.38. The van der Waals surface area contributed by atoms with E-state index in [0.717, 1.165) is 54.3 Å². The zero-order valence-corrected chi connectivity index (χ0v) is 27.3. The third kappa shape index (κ3) is 7.53. The molecule has 0 radical (unpaired) electrons. The molecule has 5 aromatic rings. The van der Waals surface area contributed by atoms with Crippen molar-refractivity contribution in [1.82, 2.24) is 14.9 Å². The van der Waals surface area contributed by atoms with Gasteiger partial charge in [0.1, 0.15) is 24.0 Å². The summed E-state index contributed by atoms with van der Waals surface area (Å²) in [5, 5.41) is 15.7. The Kier molecular flexibility index (Phi) is 10.7. The first kappa shape index (κ1) is 33.8. The van der Waals surface area contributed by atoms with Gasteiger partial charge in [0.25, 0.3) is 0 Å². The molecule has 1 saturated carbocycles. The first-order valence-corrected chi connectivity index (χ1v) is 15.8. The standard InChI is InChI=1S/C36H34ClFN4O4.ClH/c1-2-39-36(45)40-26-13-15-29(22-8-11-25(37)12-9-22)24(18-26)21-46-28-14-16-30(31(38)20-28)34-41-32-19-23(35(43)44)10-17-33(32)42(34)27-6-4-3-5-7-27;/h8-20,27H,2-7,21H2,1H3,(H,43,44)(H2,39,40,45);1H. The van der Waals surface area contributed by atoms with Gasteiger partial charge in [0.15, 0.2) is 0 Å². The van der Waals surface area contributed by atoms with Crippen molar-refractivity contribution in [3.05, 3.63) is 101 Å². The average Bonchev–Trinajstić information content (AvgIpc) is 3.43. The molecule has 244 valence electrons. The molecule has 0 saturated heterocycles. The normalized spacial score (nSPS) is 13.2. The quantitative estimate of drug-likeness (QED) is 0.144. The van der Waals surface area contributed by atoms with Crippen molar-refractivity contribution in [3.63, 3.8) is 0 Å². The first-order chi connectivity index (χ1) is 22.3. The van der Waals surface area contributed by atoms with Crippen LogP contribution in [0.3, 0.4) is 0 Å². The summed E-state index contributed by atoms with van der Waals surface area (Å²) in [6, 6.07) is 22.4. The maximum Gasteiger partial charge on any atom is 0.335 e. The number of benzene rings is 4. The summed E-state index contributed by atoms with van der Waals surface area (Å²) in [5.74, 6) is -0.720. The van der Waals surface area contributed by atoms with Gasteiger partial charge in [-0.2, -0.15) is 0 Å². The van der Waals surface area contributed by atoms with Crippen LogP contribution in [0.1, 0.15) is 61.0 Å². The molecule has 0 atom stereocenters. The summed E-state index contributed by atoms with van der Waals surface area (Å²) in [6.07, 6.45) is 5.21. The topological polar surface area (TPSA) is 105 Å². The first-order valence-electron chi connectivity index (χ1n) is 15.4. The van der Waals surface area contributed by atoms with E-state index in [4.69, 9.17) is 21.3 Å². The molecular weight excluding hydrogens is 642 g/mol. The predicted molar refractivity (Wildman–Crippen MR) is 185 cm³/mol. The van der Waals surface area contributed by atoms with Gasteiger partial charge in [-0.05, 0) is 91.1 Å². The molecule has 1 heterocycles. The van der Waals surface area contributed by atoms with Crippen LogP contribution in [0, 0.1) is 5.82 Å². The number of fused-ring (bicyclic) bond motifs is 1. The Labute approximate surface area is 283 Å². The Balaban J connectivity index is 0.00000433. The fourth-order valence-electron chi connectivity index (χ4n) is 6.10. The van der Waals surface area contributed by atoms with Crippen molar-refractivity contribution in [2.75, 3.05) is 11.9 Å². The van der Waals surface area contributed by atoms with Gasteiger partial charge in [-0.1, -0.05) is 49.1 Å². The number of imidazole rings is 1. The third-order valence-electron chi connectivity index (χ3n) is 8.31. The van der Waals surface area contributed by atoms with E-state index in [1.54, 1.807) is 42.5 Å². The molecular formula is C36H35Cl2FN4O4. The Morgan fingerprint density at radius 3 is 2.43 bits per heavy atom. The summed E-state index contributed by atoms with van der Waals surface area (Å²) in [7, 11) is 0. The number of nitrogens with one attached hydrogen (secondary N) is 2. The van der Waals surface area contributed by atoms with Crippen LogP contribution in [-0.2, 0) is 6.61 Å². The predicted octanol–water partition coefficient (Wildman–Crippen LogP) is 9.51. The van der Waals surface area contributed by atoms with Crippen LogP contribution < -0.4 is 15.4 Å². The number of hydrogen-bond acceptors (Lipinski definition) is 4. The summed E-state index contributed by atoms with van der Waals surface area (Å²) in [6.45, 7) is 2.44. The van der Waals surface area contributed by atoms with Crippen LogP contribution in [-0.4, -0.2) is 33.2 Å². The minimum Gasteiger partial charge on any atom is -0.489 e. The number of rotatable bonds is 9. The molecule has 0 bridgehead atoms. The average molecular weight is 678 g/mol.